The molecule has 0 N–H and O–H groups in total. The summed E-state index contributed by atoms with van der Waals surface area (Å²) in [6, 6.07) is 3.59. The van der Waals surface area contributed by atoms with Gasteiger partial charge in [-0.2, -0.15) is 0 Å². The van der Waals surface area contributed by atoms with Crippen LogP contribution in [0.25, 0.3) is 0 Å². The van der Waals surface area contributed by atoms with Crippen molar-refractivity contribution in [3.8, 4) is 0 Å². The molecule has 0 radical (unpaired) electrons. The maximum atomic E-state index is 12.4. The van der Waals surface area contributed by atoms with Gasteiger partial charge in [-0.1, -0.05) is 6.92 Å². The molecular formula is C13H20BrN3O. The van der Waals surface area contributed by atoms with Crippen LogP contribution < -0.4 is 0 Å². The average Bonchev–Trinajstić information content (AvgIpc) is 2.34. The van der Waals surface area contributed by atoms with E-state index < -0.39 is 0 Å². The normalized spacial score (nSPS) is 10.7. The van der Waals surface area contributed by atoms with Gasteiger partial charge in [-0.15, -0.1) is 0 Å². The van der Waals surface area contributed by atoms with E-state index in [0.29, 0.717) is 10.2 Å². The van der Waals surface area contributed by atoms with Gasteiger partial charge in [0.05, 0.1) is 5.56 Å². The third-order valence-electron chi connectivity index (χ3n) is 2.59. The first-order valence-electron chi connectivity index (χ1n) is 6.10. The van der Waals surface area contributed by atoms with Crippen molar-refractivity contribution in [1.82, 2.24) is 14.8 Å². The van der Waals surface area contributed by atoms with E-state index in [9.17, 15) is 4.79 Å². The molecule has 100 valence electrons. The highest BCUT2D eigenvalue weighted by atomic mass is 79.9. The number of pyridine rings is 1. The van der Waals surface area contributed by atoms with Crippen molar-refractivity contribution in [3.63, 3.8) is 0 Å². The van der Waals surface area contributed by atoms with Crippen LogP contribution in [0.2, 0.25) is 0 Å². The standard InChI is InChI=1S/C13H20BrN3O/c1-4-8-17(10-9-16(2)3)13(18)11-6-5-7-15-12(11)14/h5-7H,4,8-10H2,1-3H3. The van der Waals surface area contributed by atoms with Crippen LogP contribution in [-0.4, -0.2) is 54.4 Å². The summed E-state index contributed by atoms with van der Waals surface area (Å²) in [7, 11) is 4.02. The number of carbonyl (C=O) groups is 1. The van der Waals surface area contributed by atoms with Gasteiger partial charge in [-0.25, -0.2) is 4.98 Å². The zero-order chi connectivity index (χ0) is 13.5. The van der Waals surface area contributed by atoms with Crippen molar-refractivity contribution >= 4 is 21.8 Å². The van der Waals surface area contributed by atoms with Crippen LogP contribution in [0.4, 0.5) is 0 Å². The maximum Gasteiger partial charge on any atom is 0.256 e. The van der Waals surface area contributed by atoms with Crippen LogP contribution in [0.15, 0.2) is 22.9 Å². The summed E-state index contributed by atoms with van der Waals surface area (Å²) in [4.78, 5) is 20.5. The predicted octanol–water partition coefficient (Wildman–Crippen LogP) is 2.26. The Morgan fingerprint density at radius 1 is 1.33 bits per heavy atom. The molecule has 4 nitrogen and oxygen atoms in total. The smallest absolute Gasteiger partial charge is 0.256 e. The van der Waals surface area contributed by atoms with Gasteiger partial charge in [0.15, 0.2) is 0 Å². The molecule has 1 aromatic heterocycles. The van der Waals surface area contributed by atoms with E-state index in [1.165, 1.54) is 0 Å². The van der Waals surface area contributed by atoms with Gasteiger partial charge >= 0.3 is 0 Å². The van der Waals surface area contributed by atoms with Crippen LogP contribution in [-0.2, 0) is 0 Å². The summed E-state index contributed by atoms with van der Waals surface area (Å²) in [5.41, 5.74) is 0.629. The number of likely N-dealkylation sites (N-methyl/N-ethyl adjacent to an activating group) is 1. The summed E-state index contributed by atoms with van der Waals surface area (Å²) < 4.78 is 0.612. The van der Waals surface area contributed by atoms with Crippen molar-refractivity contribution in [1.29, 1.82) is 0 Å². The van der Waals surface area contributed by atoms with Gasteiger partial charge in [0.1, 0.15) is 4.60 Å². The number of rotatable bonds is 6. The summed E-state index contributed by atoms with van der Waals surface area (Å²) in [5.74, 6) is 0.0404. The Bertz CT molecular complexity index is 396. The average molecular weight is 314 g/mol. The van der Waals surface area contributed by atoms with Crippen molar-refractivity contribution in [2.45, 2.75) is 13.3 Å². The van der Waals surface area contributed by atoms with E-state index in [-0.39, 0.29) is 5.91 Å². The highest BCUT2D eigenvalue weighted by Crippen LogP contribution is 2.15. The lowest BCUT2D eigenvalue weighted by molar-refractivity contribution is 0.0743. The van der Waals surface area contributed by atoms with Gasteiger partial charge < -0.3 is 9.80 Å². The minimum absolute atomic E-state index is 0.0404. The number of amides is 1. The van der Waals surface area contributed by atoms with E-state index in [0.717, 1.165) is 26.1 Å². The van der Waals surface area contributed by atoms with E-state index in [2.05, 4.69) is 32.7 Å². The summed E-state index contributed by atoms with van der Waals surface area (Å²) in [6.45, 7) is 4.45. The first-order chi connectivity index (χ1) is 8.56. The number of aromatic nitrogens is 1. The van der Waals surface area contributed by atoms with Crippen molar-refractivity contribution in [3.05, 3.63) is 28.5 Å². The molecule has 1 heterocycles. The molecule has 0 aliphatic heterocycles. The summed E-state index contributed by atoms with van der Waals surface area (Å²) >= 11 is 3.33. The molecule has 5 heteroatoms. The quantitative estimate of drug-likeness (QED) is 0.756. The molecule has 18 heavy (non-hydrogen) atoms. The van der Waals surface area contributed by atoms with Gasteiger partial charge in [-0.05, 0) is 48.6 Å². The van der Waals surface area contributed by atoms with Crippen LogP contribution in [0.5, 0.6) is 0 Å². The SMILES string of the molecule is CCCN(CCN(C)C)C(=O)c1cccnc1Br. The van der Waals surface area contributed by atoms with Crippen molar-refractivity contribution < 1.29 is 4.79 Å². The Kier molecular flexibility index (Phi) is 6.29. The number of nitrogens with zero attached hydrogens (tertiary/aromatic N) is 3. The third-order valence-corrected chi connectivity index (χ3v) is 3.22. The van der Waals surface area contributed by atoms with E-state index in [1.54, 1.807) is 18.3 Å². The Morgan fingerprint density at radius 3 is 2.61 bits per heavy atom. The molecule has 0 saturated carbocycles. The molecule has 0 aromatic carbocycles. The van der Waals surface area contributed by atoms with Gasteiger partial charge in [0.2, 0.25) is 0 Å². The van der Waals surface area contributed by atoms with Crippen LogP contribution in [0, 0.1) is 0 Å². The molecule has 0 spiro atoms. The first kappa shape index (κ1) is 15.1. The fourth-order valence-corrected chi connectivity index (χ4v) is 2.04. The summed E-state index contributed by atoms with van der Waals surface area (Å²) in [6.07, 6.45) is 2.63. The molecule has 1 rings (SSSR count). The molecule has 0 atom stereocenters. The Hall–Kier alpha value is -0.940. The molecule has 0 aliphatic carbocycles. The lowest BCUT2D eigenvalue weighted by Crippen LogP contribution is -2.37. The third kappa shape index (κ3) is 4.38. The predicted molar refractivity (Wildman–Crippen MR) is 76.7 cm³/mol. The minimum Gasteiger partial charge on any atom is -0.337 e. The molecule has 1 aromatic rings. The fraction of sp³-hybridized carbons (Fsp3) is 0.538. The van der Waals surface area contributed by atoms with Crippen molar-refractivity contribution in [2.75, 3.05) is 33.7 Å². The topological polar surface area (TPSA) is 36.4 Å². The minimum atomic E-state index is 0.0404. The first-order valence-corrected chi connectivity index (χ1v) is 6.90. The molecule has 0 saturated heterocycles. The van der Waals surface area contributed by atoms with Crippen LogP contribution in [0.3, 0.4) is 0 Å². The molecule has 0 fully saturated rings. The van der Waals surface area contributed by atoms with Crippen LogP contribution in [0.1, 0.15) is 23.7 Å². The fourth-order valence-electron chi connectivity index (χ4n) is 1.62. The number of hydrogen-bond donors (Lipinski definition) is 0. The zero-order valence-corrected chi connectivity index (χ0v) is 12.8. The second-order valence-electron chi connectivity index (χ2n) is 4.44. The Labute approximate surface area is 117 Å². The summed E-state index contributed by atoms with van der Waals surface area (Å²) in [5, 5.41) is 0. The van der Waals surface area contributed by atoms with Gasteiger partial charge in [0, 0.05) is 25.8 Å². The number of halogens is 1. The lowest BCUT2D eigenvalue weighted by Gasteiger charge is -2.24. The molecule has 1 amide bonds. The molecule has 0 unspecified atom stereocenters. The second kappa shape index (κ2) is 7.48. The van der Waals surface area contributed by atoms with E-state index in [1.807, 2.05) is 19.0 Å². The molecule has 0 bridgehead atoms. The Morgan fingerprint density at radius 2 is 2.06 bits per heavy atom. The molecule has 0 aliphatic rings. The lowest BCUT2D eigenvalue weighted by atomic mass is 10.2. The van der Waals surface area contributed by atoms with E-state index in [4.69, 9.17) is 0 Å². The largest absolute Gasteiger partial charge is 0.337 e. The van der Waals surface area contributed by atoms with E-state index >= 15 is 0 Å². The maximum absolute atomic E-state index is 12.4. The highest BCUT2D eigenvalue weighted by Gasteiger charge is 2.17. The molecular weight excluding hydrogens is 294 g/mol. The van der Waals surface area contributed by atoms with Crippen LogP contribution >= 0.6 is 15.9 Å². The monoisotopic (exact) mass is 313 g/mol. The zero-order valence-electron chi connectivity index (χ0n) is 11.2. The van der Waals surface area contributed by atoms with Crippen molar-refractivity contribution in [2.24, 2.45) is 0 Å². The second-order valence-corrected chi connectivity index (χ2v) is 5.19. The van der Waals surface area contributed by atoms with Gasteiger partial charge in [-0.3, -0.25) is 4.79 Å². The highest BCUT2D eigenvalue weighted by molar-refractivity contribution is 9.10. The Balaban J connectivity index is 2.79. The number of hydrogen-bond acceptors (Lipinski definition) is 3. The number of carbonyl (C=O) groups excluding carboxylic acids is 1. The van der Waals surface area contributed by atoms with Gasteiger partial charge in [0.25, 0.3) is 5.91 Å².